The Morgan fingerprint density at radius 3 is 1.97 bits per heavy atom. The van der Waals surface area contributed by atoms with Crippen LogP contribution in [0.25, 0.3) is 22.1 Å². The fourth-order valence-electron chi connectivity index (χ4n) is 4.04. The van der Waals surface area contributed by atoms with Crippen molar-refractivity contribution < 1.29 is 9.15 Å². The Labute approximate surface area is 211 Å². The van der Waals surface area contributed by atoms with Crippen molar-refractivity contribution in [3.63, 3.8) is 0 Å². The SMILES string of the molecule is CC(C)(C)c1cc(C(C)(C)C)c2oc(=O)c(-c3ccc(Oc4ccc(C#N)c(C#N)c4)cc3)cc2c1. The van der Waals surface area contributed by atoms with Gasteiger partial charge >= 0.3 is 5.63 Å². The van der Waals surface area contributed by atoms with Gasteiger partial charge in [0.25, 0.3) is 0 Å². The normalized spacial score (nSPS) is 11.7. The first-order valence-electron chi connectivity index (χ1n) is 11.8. The van der Waals surface area contributed by atoms with E-state index in [2.05, 4.69) is 53.7 Å². The maximum atomic E-state index is 13.0. The molecule has 0 radical (unpaired) electrons. The van der Waals surface area contributed by atoms with Crippen LogP contribution in [-0.2, 0) is 10.8 Å². The highest BCUT2D eigenvalue weighted by molar-refractivity contribution is 5.86. The molecule has 0 amide bonds. The first-order chi connectivity index (χ1) is 16.9. The fraction of sp³-hybridized carbons (Fsp3) is 0.258. The number of hydrogen-bond acceptors (Lipinski definition) is 5. The molecule has 0 bridgehead atoms. The Bertz CT molecular complexity index is 1600. The summed E-state index contributed by atoms with van der Waals surface area (Å²) < 4.78 is 11.8. The van der Waals surface area contributed by atoms with Crippen LogP contribution in [0, 0.1) is 22.7 Å². The summed E-state index contributed by atoms with van der Waals surface area (Å²) in [6, 6.07) is 22.0. The highest BCUT2D eigenvalue weighted by atomic mass is 16.5. The van der Waals surface area contributed by atoms with Gasteiger partial charge in [-0.2, -0.15) is 10.5 Å². The van der Waals surface area contributed by atoms with Crippen molar-refractivity contribution in [2.75, 3.05) is 0 Å². The molecule has 4 rings (SSSR count). The standard InChI is InChI=1S/C31H28N2O3/c1-30(2,3)23-13-21-15-26(29(34)36-28(21)27(16-23)31(4,5)6)19-7-10-24(11-8-19)35-25-12-9-20(17-32)22(14-25)18-33/h7-16H,1-6H3. The van der Waals surface area contributed by atoms with E-state index in [9.17, 15) is 10.1 Å². The molecule has 3 aromatic carbocycles. The minimum atomic E-state index is -0.393. The van der Waals surface area contributed by atoms with E-state index >= 15 is 0 Å². The molecule has 0 aliphatic carbocycles. The minimum absolute atomic E-state index is 0.0552. The van der Waals surface area contributed by atoms with E-state index in [1.165, 1.54) is 11.6 Å². The third-order valence-electron chi connectivity index (χ3n) is 6.14. The lowest BCUT2D eigenvalue weighted by atomic mass is 9.79. The lowest BCUT2D eigenvalue weighted by molar-refractivity contribution is 0.482. The third-order valence-corrected chi connectivity index (χ3v) is 6.14. The van der Waals surface area contributed by atoms with Gasteiger partial charge in [-0.3, -0.25) is 0 Å². The average molecular weight is 477 g/mol. The molecule has 0 fully saturated rings. The highest BCUT2D eigenvalue weighted by Crippen LogP contribution is 2.36. The summed E-state index contributed by atoms with van der Waals surface area (Å²) in [5.74, 6) is 0.996. The van der Waals surface area contributed by atoms with Crippen LogP contribution in [0.15, 0.2) is 69.9 Å². The first kappa shape index (κ1) is 24.8. The van der Waals surface area contributed by atoms with Gasteiger partial charge in [0.1, 0.15) is 29.2 Å². The van der Waals surface area contributed by atoms with Gasteiger partial charge in [0.15, 0.2) is 0 Å². The van der Waals surface area contributed by atoms with Crippen LogP contribution in [0.1, 0.15) is 63.8 Å². The zero-order chi connectivity index (χ0) is 26.3. The van der Waals surface area contributed by atoms with Crippen LogP contribution < -0.4 is 10.4 Å². The van der Waals surface area contributed by atoms with Crippen LogP contribution in [0.2, 0.25) is 0 Å². The lowest BCUT2D eigenvalue weighted by Gasteiger charge is -2.26. The van der Waals surface area contributed by atoms with Crippen LogP contribution in [0.4, 0.5) is 0 Å². The molecular weight excluding hydrogens is 448 g/mol. The molecule has 1 heterocycles. The van der Waals surface area contributed by atoms with Crippen LogP contribution in [0.3, 0.4) is 0 Å². The van der Waals surface area contributed by atoms with E-state index in [1.807, 2.05) is 18.2 Å². The quantitative estimate of drug-likeness (QED) is 0.284. The van der Waals surface area contributed by atoms with Crippen LogP contribution in [0.5, 0.6) is 11.5 Å². The van der Waals surface area contributed by atoms with E-state index in [1.54, 1.807) is 36.4 Å². The predicted octanol–water partition coefficient (Wildman–Crippen LogP) is 7.59. The number of fused-ring (bicyclic) bond motifs is 1. The Kier molecular flexibility index (Phi) is 6.21. The van der Waals surface area contributed by atoms with Gasteiger partial charge in [0.2, 0.25) is 0 Å². The molecule has 0 atom stereocenters. The molecule has 0 spiro atoms. The molecule has 180 valence electrons. The molecule has 0 saturated heterocycles. The molecule has 0 aliphatic rings. The van der Waals surface area contributed by atoms with Crippen molar-refractivity contribution in [1.82, 2.24) is 0 Å². The Morgan fingerprint density at radius 1 is 0.750 bits per heavy atom. The van der Waals surface area contributed by atoms with Crippen LogP contribution >= 0.6 is 0 Å². The molecule has 0 N–H and O–H groups in total. The number of nitrogens with zero attached hydrogens (tertiary/aromatic N) is 2. The van der Waals surface area contributed by atoms with Gasteiger partial charge in [-0.1, -0.05) is 59.7 Å². The van der Waals surface area contributed by atoms with Gasteiger partial charge in [-0.25, -0.2) is 4.79 Å². The smallest absolute Gasteiger partial charge is 0.344 e. The van der Waals surface area contributed by atoms with Crippen molar-refractivity contribution in [1.29, 1.82) is 10.5 Å². The van der Waals surface area contributed by atoms with E-state index in [0.717, 1.165) is 10.9 Å². The molecule has 0 aliphatic heterocycles. The van der Waals surface area contributed by atoms with Crippen molar-refractivity contribution in [3.8, 4) is 34.8 Å². The van der Waals surface area contributed by atoms with Crippen molar-refractivity contribution >= 4 is 11.0 Å². The fourth-order valence-corrected chi connectivity index (χ4v) is 4.04. The van der Waals surface area contributed by atoms with Gasteiger partial charge in [-0.15, -0.1) is 0 Å². The summed E-state index contributed by atoms with van der Waals surface area (Å²) >= 11 is 0. The molecule has 4 aromatic rings. The summed E-state index contributed by atoms with van der Waals surface area (Å²) in [7, 11) is 0. The van der Waals surface area contributed by atoms with Crippen LogP contribution in [-0.4, -0.2) is 0 Å². The van der Waals surface area contributed by atoms with Gasteiger partial charge in [0.05, 0.1) is 16.7 Å². The number of nitriles is 2. The van der Waals surface area contributed by atoms with E-state index in [0.29, 0.717) is 33.8 Å². The summed E-state index contributed by atoms with van der Waals surface area (Å²) in [5.41, 5.74) is 3.93. The second-order valence-electron chi connectivity index (χ2n) is 10.9. The molecule has 5 heteroatoms. The van der Waals surface area contributed by atoms with Gasteiger partial charge in [-0.05, 0) is 64.4 Å². The summed E-state index contributed by atoms with van der Waals surface area (Å²) in [5, 5.41) is 19.2. The first-order valence-corrected chi connectivity index (χ1v) is 11.8. The molecule has 36 heavy (non-hydrogen) atoms. The number of rotatable bonds is 3. The molecule has 0 saturated carbocycles. The second kappa shape index (κ2) is 9.02. The average Bonchev–Trinajstić information content (AvgIpc) is 2.82. The number of benzene rings is 3. The van der Waals surface area contributed by atoms with E-state index < -0.39 is 5.63 Å². The number of hydrogen-bond donors (Lipinski definition) is 0. The second-order valence-corrected chi connectivity index (χ2v) is 10.9. The summed E-state index contributed by atoms with van der Waals surface area (Å²) in [6.45, 7) is 12.9. The lowest BCUT2D eigenvalue weighted by Crippen LogP contribution is -2.17. The highest BCUT2D eigenvalue weighted by Gasteiger charge is 2.24. The Morgan fingerprint density at radius 2 is 1.39 bits per heavy atom. The van der Waals surface area contributed by atoms with Crippen molar-refractivity contribution in [3.05, 3.63) is 93.3 Å². The zero-order valence-electron chi connectivity index (χ0n) is 21.4. The summed E-state index contributed by atoms with van der Waals surface area (Å²) in [4.78, 5) is 13.0. The summed E-state index contributed by atoms with van der Waals surface area (Å²) in [6.07, 6.45) is 0. The van der Waals surface area contributed by atoms with Crippen molar-refractivity contribution in [2.45, 2.75) is 52.4 Å². The molecule has 0 unspecified atom stereocenters. The zero-order valence-corrected chi connectivity index (χ0v) is 21.4. The maximum Gasteiger partial charge on any atom is 0.344 e. The van der Waals surface area contributed by atoms with E-state index in [-0.39, 0.29) is 16.4 Å². The van der Waals surface area contributed by atoms with Gasteiger partial charge in [0, 0.05) is 10.9 Å². The molecule has 5 nitrogen and oxygen atoms in total. The largest absolute Gasteiger partial charge is 0.457 e. The maximum absolute atomic E-state index is 13.0. The minimum Gasteiger partial charge on any atom is -0.457 e. The molecular formula is C31H28N2O3. The Balaban J connectivity index is 1.74. The number of ether oxygens (including phenoxy) is 1. The third kappa shape index (κ3) is 4.88. The van der Waals surface area contributed by atoms with Crippen molar-refractivity contribution in [2.24, 2.45) is 0 Å². The Hall–Kier alpha value is -4.35. The van der Waals surface area contributed by atoms with E-state index in [4.69, 9.17) is 14.4 Å². The van der Waals surface area contributed by atoms with Gasteiger partial charge < -0.3 is 9.15 Å². The topological polar surface area (TPSA) is 87.0 Å². The molecule has 1 aromatic heterocycles. The monoisotopic (exact) mass is 476 g/mol. The predicted molar refractivity (Wildman–Crippen MR) is 141 cm³/mol.